The van der Waals surface area contributed by atoms with Gasteiger partial charge in [-0.3, -0.25) is 9.10 Å². The second-order valence-corrected chi connectivity index (χ2v) is 8.21. The van der Waals surface area contributed by atoms with Gasteiger partial charge < -0.3 is 10.1 Å². The number of para-hydroxylation sites is 2. The minimum atomic E-state index is -3.62. The van der Waals surface area contributed by atoms with Gasteiger partial charge in [-0.2, -0.15) is 0 Å². The summed E-state index contributed by atoms with van der Waals surface area (Å²) in [6.07, 6.45) is 1.07. The first kappa shape index (κ1) is 19.3. The molecule has 0 aliphatic carbocycles. The Bertz CT molecular complexity index is 884. The van der Waals surface area contributed by atoms with E-state index in [9.17, 15) is 13.2 Å². The lowest BCUT2D eigenvalue weighted by Crippen LogP contribution is -2.37. The van der Waals surface area contributed by atoms with Gasteiger partial charge in [0, 0.05) is 4.47 Å². The number of methoxy groups -OCH3 is 1. The molecule has 1 N–H and O–H groups in total. The van der Waals surface area contributed by atoms with Crippen LogP contribution in [0.3, 0.4) is 0 Å². The number of anilines is 2. The molecule has 0 spiro atoms. The first-order chi connectivity index (χ1) is 11.7. The fourth-order valence-corrected chi connectivity index (χ4v) is 3.35. The van der Waals surface area contributed by atoms with Crippen molar-refractivity contribution in [3.63, 3.8) is 0 Å². The largest absolute Gasteiger partial charge is 0.495 e. The number of amides is 1. The minimum Gasteiger partial charge on any atom is -0.495 e. The molecule has 0 saturated carbocycles. The zero-order valence-electron chi connectivity index (χ0n) is 14.1. The Balaban J connectivity index is 2.25. The Morgan fingerprint density at radius 2 is 1.92 bits per heavy atom. The lowest BCUT2D eigenvalue weighted by Gasteiger charge is -2.22. The Kier molecular flexibility index (Phi) is 6.07. The molecule has 0 fully saturated rings. The molecule has 6 nitrogen and oxygen atoms in total. The molecule has 25 heavy (non-hydrogen) atoms. The third-order valence-electron chi connectivity index (χ3n) is 3.50. The first-order valence-electron chi connectivity index (χ1n) is 7.39. The van der Waals surface area contributed by atoms with E-state index in [1.54, 1.807) is 42.5 Å². The standard InChI is InChI=1S/C17H19BrN2O4S/c1-12-10-13(8-9-14(12)18)20(25(3,22)23)11-17(21)19-15-6-4-5-7-16(15)24-2/h4-10H,11H2,1-3H3,(H,19,21). The highest BCUT2D eigenvalue weighted by Crippen LogP contribution is 2.26. The monoisotopic (exact) mass is 426 g/mol. The average molecular weight is 427 g/mol. The lowest BCUT2D eigenvalue weighted by atomic mass is 10.2. The summed E-state index contributed by atoms with van der Waals surface area (Å²) in [5.41, 5.74) is 1.78. The van der Waals surface area contributed by atoms with Crippen molar-refractivity contribution in [3.8, 4) is 5.75 Å². The zero-order chi connectivity index (χ0) is 18.6. The number of ether oxygens (including phenoxy) is 1. The fourth-order valence-electron chi connectivity index (χ4n) is 2.25. The smallest absolute Gasteiger partial charge is 0.245 e. The number of halogens is 1. The highest BCUT2D eigenvalue weighted by molar-refractivity contribution is 9.10. The molecule has 0 saturated heterocycles. The fraction of sp³-hybridized carbons (Fsp3) is 0.235. The topological polar surface area (TPSA) is 75.7 Å². The van der Waals surface area contributed by atoms with Crippen molar-refractivity contribution in [2.24, 2.45) is 0 Å². The summed E-state index contributed by atoms with van der Waals surface area (Å²) in [4.78, 5) is 12.4. The molecule has 0 aliphatic heterocycles. The molecule has 0 radical (unpaired) electrons. The average Bonchev–Trinajstić information content (AvgIpc) is 2.55. The predicted molar refractivity (Wildman–Crippen MR) is 103 cm³/mol. The van der Waals surface area contributed by atoms with Gasteiger partial charge in [0.05, 0.1) is 24.7 Å². The van der Waals surface area contributed by atoms with E-state index in [-0.39, 0.29) is 6.54 Å². The maximum absolute atomic E-state index is 12.4. The maximum atomic E-state index is 12.4. The quantitative estimate of drug-likeness (QED) is 0.769. The number of hydrogen-bond donors (Lipinski definition) is 1. The third-order valence-corrected chi connectivity index (χ3v) is 5.53. The van der Waals surface area contributed by atoms with Crippen LogP contribution in [-0.4, -0.2) is 34.2 Å². The third kappa shape index (κ3) is 4.96. The van der Waals surface area contributed by atoms with Crippen LogP contribution >= 0.6 is 15.9 Å². The van der Waals surface area contributed by atoms with E-state index in [2.05, 4.69) is 21.2 Å². The molecule has 2 aromatic rings. The molecule has 134 valence electrons. The number of rotatable bonds is 6. The summed E-state index contributed by atoms with van der Waals surface area (Å²) >= 11 is 3.38. The normalized spacial score (nSPS) is 11.0. The van der Waals surface area contributed by atoms with Crippen LogP contribution in [0.1, 0.15) is 5.56 Å². The summed E-state index contributed by atoms with van der Waals surface area (Å²) in [5, 5.41) is 2.68. The molecule has 0 aliphatic rings. The zero-order valence-corrected chi connectivity index (χ0v) is 16.5. The van der Waals surface area contributed by atoms with Crippen molar-refractivity contribution in [2.75, 3.05) is 29.5 Å². The van der Waals surface area contributed by atoms with Gasteiger partial charge in [-0.05, 0) is 42.8 Å². The highest BCUT2D eigenvalue weighted by atomic mass is 79.9. The molecule has 0 bridgehead atoms. The second kappa shape index (κ2) is 7.88. The van der Waals surface area contributed by atoms with Gasteiger partial charge in [0.1, 0.15) is 12.3 Å². The van der Waals surface area contributed by atoms with Gasteiger partial charge in [0.2, 0.25) is 15.9 Å². The van der Waals surface area contributed by atoms with Gasteiger partial charge in [-0.1, -0.05) is 28.1 Å². The number of sulfonamides is 1. The van der Waals surface area contributed by atoms with Crippen LogP contribution in [-0.2, 0) is 14.8 Å². The van der Waals surface area contributed by atoms with E-state index in [1.807, 2.05) is 6.92 Å². The summed E-state index contributed by atoms with van der Waals surface area (Å²) in [6.45, 7) is 1.51. The Morgan fingerprint density at radius 3 is 2.52 bits per heavy atom. The van der Waals surface area contributed by atoms with Crippen molar-refractivity contribution in [1.29, 1.82) is 0 Å². The maximum Gasteiger partial charge on any atom is 0.245 e. The van der Waals surface area contributed by atoms with Gasteiger partial charge in [-0.25, -0.2) is 8.42 Å². The van der Waals surface area contributed by atoms with Crippen LogP contribution in [0.15, 0.2) is 46.9 Å². The van der Waals surface area contributed by atoms with E-state index in [0.717, 1.165) is 20.6 Å². The Morgan fingerprint density at radius 1 is 1.24 bits per heavy atom. The molecule has 2 aromatic carbocycles. The molecular formula is C17H19BrN2O4S. The van der Waals surface area contributed by atoms with Crippen LogP contribution in [0.5, 0.6) is 5.75 Å². The SMILES string of the molecule is COc1ccccc1NC(=O)CN(c1ccc(Br)c(C)c1)S(C)(=O)=O. The molecule has 0 unspecified atom stereocenters. The van der Waals surface area contributed by atoms with E-state index in [4.69, 9.17) is 4.74 Å². The number of hydrogen-bond acceptors (Lipinski definition) is 4. The van der Waals surface area contributed by atoms with Crippen molar-refractivity contribution in [2.45, 2.75) is 6.92 Å². The second-order valence-electron chi connectivity index (χ2n) is 5.45. The number of carbonyl (C=O) groups is 1. The summed E-state index contributed by atoms with van der Waals surface area (Å²) in [6, 6.07) is 12.0. The van der Waals surface area contributed by atoms with Crippen molar-refractivity contribution < 1.29 is 17.9 Å². The van der Waals surface area contributed by atoms with E-state index in [0.29, 0.717) is 17.1 Å². The van der Waals surface area contributed by atoms with E-state index < -0.39 is 15.9 Å². The van der Waals surface area contributed by atoms with Crippen molar-refractivity contribution in [1.82, 2.24) is 0 Å². The lowest BCUT2D eigenvalue weighted by molar-refractivity contribution is -0.114. The molecule has 0 atom stereocenters. The molecule has 8 heteroatoms. The van der Waals surface area contributed by atoms with Crippen molar-refractivity contribution in [3.05, 3.63) is 52.5 Å². The first-order valence-corrected chi connectivity index (χ1v) is 10.0. The van der Waals surface area contributed by atoms with Crippen LogP contribution in [0.4, 0.5) is 11.4 Å². The van der Waals surface area contributed by atoms with Crippen LogP contribution in [0, 0.1) is 6.92 Å². The minimum absolute atomic E-state index is 0.335. The Hall–Kier alpha value is -2.06. The number of aryl methyl sites for hydroxylation is 1. The molecule has 1 amide bonds. The van der Waals surface area contributed by atoms with Crippen LogP contribution in [0.25, 0.3) is 0 Å². The number of benzene rings is 2. The number of nitrogens with zero attached hydrogens (tertiary/aromatic N) is 1. The molecular weight excluding hydrogens is 408 g/mol. The molecule has 0 aromatic heterocycles. The Labute approximate surface area is 156 Å². The molecule has 2 rings (SSSR count). The summed E-state index contributed by atoms with van der Waals surface area (Å²) < 4.78 is 31.4. The number of carbonyl (C=O) groups excluding carboxylic acids is 1. The number of nitrogens with one attached hydrogen (secondary N) is 1. The van der Waals surface area contributed by atoms with Crippen LogP contribution in [0.2, 0.25) is 0 Å². The van der Waals surface area contributed by atoms with Crippen molar-refractivity contribution >= 4 is 43.2 Å². The van der Waals surface area contributed by atoms with Gasteiger partial charge in [-0.15, -0.1) is 0 Å². The summed E-state index contributed by atoms with van der Waals surface area (Å²) in [5.74, 6) is 0.0386. The van der Waals surface area contributed by atoms with Crippen LogP contribution < -0.4 is 14.4 Å². The van der Waals surface area contributed by atoms with Gasteiger partial charge in [0.25, 0.3) is 0 Å². The molecule has 0 heterocycles. The van der Waals surface area contributed by atoms with E-state index >= 15 is 0 Å². The highest BCUT2D eigenvalue weighted by Gasteiger charge is 2.21. The summed E-state index contributed by atoms with van der Waals surface area (Å²) in [7, 11) is -2.13. The van der Waals surface area contributed by atoms with Gasteiger partial charge >= 0.3 is 0 Å². The predicted octanol–water partition coefficient (Wildman–Crippen LogP) is 3.17. The van der Waals surface area contributed by atoms with E-state index in [1.165, 1.54) is 7.11 Å². The van der Waals surface area contributed by atoms with Gasteiger partial charge in [0.15, 0.2) is 0 Å².